The van der Waals surface area contributed by atoms with Crippen LogP contribution in [0.3, 0.4) is 0 Å². The smallest absolute Gasteiger partial charge is 0.305 e. The molecule has 4 rings (SSSR count). The normalized spacial score (nSPS) is 50.3. The summed E-state index contributed by atoms with van der Waals surface area (Å²) in [5.74, 6) is -0.198. The van der Waals surface area contributed by atoms with E-state index in [0.717, 1.165) is 38.5 Å². The average molecular weight is 425 g/mol. The molecule has 3 fully saturated rings. The third-order valence-corrected chi connectivity index (χ3v) is 9.35. The van der Waals surface area contributed by atoms with Gasteiger partial charge in [0.25, 0.3) is 0 Å². The van der Waals surface area contributed by atoms with Gasteiger partial charge in [-0.25, -0.2) is 0 Å². The summed E-state index contributed by atoms with van der Waals surface area (Å²) in [6.07, 6.45) is 8.27. The predicted octanol–water partition coefficient (Wildman–Crippen LogP) is 4.14. The van der Waals surface area contributed by atoms with Gasteiger partial charge in [0.05, 0.1) is 4.83 Å². The highest BCUT2D eigenvalue weighted by Gasteiger charge is 2.69. The largest absolute Gasteiger partial charge is 0.432 e. The summed E-state index contributed by atoms with van der Waals surface area (Å²) in [5, 5.41) is 11.4. The van der Waals surface area contributed by atoms with E-state index in [9.17, 15) is 14.7 Å². The van der Waals surface area contributed by atoms with Gasteiger partial charge in [0.2, 0.25) is 5.79 Å². The van der Waals surface area contributed by atoms with Gasteiger partial charge in [0, 0.05) is 18.8 Å². The van der Waals surface area contributed by atoms with Crippen LogP contribution in [0.15, 0.2) is 11.6 Å². The van der Waals surface area contributed by atoms with Crippen molar-refractivity contribution in [3.8, 4) is 0 Å². The number of esters is 1. The van der Waals surface area contributed by atoms with Crippen molar-refractivity contribution >= 4 is 27.7 Å². The van der Waals surface area contributed by atoms with Crippen molar-refractivity contribution in [3.63, 3.8) is 0 Å². The summed E-state index contributed by atoms with van der Waals surface area (Å²) in [4.78, 5) is 23.4. The molecule has 4 aliphatic carbocycles. The molecular weight excluding hydrogens is 396 g/mol. The molecule has 0 aromatic rings. The summed E-state index contributed by atoms with van der Waals surface area (Å²) in [6, 6.07) is 0. The molecule has 0 radical (unpaired) electrons. The van der Waals surface area contributed by atoms with Crippen LogP contribution in [0.4, 0.5) is 0 Å². The molecule has 7 atom stereocenters. The minimum atomic E-state index is -1.44. The highest BCUT2D eigenvalue weighted by Crippen LogP contribution is 2.68. The Bertz CT molecular complexity index is 687. The van der Waals surface area contributed by atoms with E-state index in [-0.39, 0.29) is 16.0 Å². The number of aliphatic hydroxyl groups is 1. The Balaban J connectivity index is 1.69. The maximum atomic E-state index is 11.9. The van der Waals surface area contributed by atoms with Crippen molar-refractivity contribution in [2.45, 2.75) is 76.3 Å². The van der Waals surface area contributed by atoms with Crippen molar-refractivity contribution in [3.05, 3.63) is 11.6 Å². The van der Waals surface area contributed by atoms with Crippen LogP contribution in [0.5, 0.6) is 0 Å². The number of fused-ring (bicyclic) bond motifs is 5. The fourth-order valence-electron chi connectivity index (χ4n) is 6.90. The van der Waals surface area contributed by atoms with E-state index >= 15 is 0 Å². The van der Waals surface area contributed by atoms with Gasteiger partial charge >= 0.3 is 5.97 Å². The van der Waals surface area contributed by atoms with E-state index in [1.54, 1.807) is 0 Å². The summed E-state index contributed by atoms with van der Waals surface area (Å²) in [7, 11) is 0. The van der Waals surface area contributed by atoms with Gasteiger partial charge < -0.3 is 9.84 Å². The lowest BCUT2D eigenvalue weighted by molar-refractivity contribution is -0.260. The molecule has 0 aromatic heterocycles. The Morgan fingerprint density at radius 3 is 2.65 bits per heavy atom. The van der Waals surface area contributed by atoms with E-state index in [4.69, 9.17) is 4.74 Å². The van der Waals surface area contributed by atoms with Crippen LogP contribution in [0.1, 0.15) is 65.7 Å². The quantitative estimate of drug-likeness (QED) is 0.390. The molecule has 4 aliphatic rings. The molecule has 0 heterocycles. The Morgan fingerprint density at radius 1 is 1.23 bits per heavy atom. The second kappa shape index (κ2) is 5.91. The minimum absolute atomic E-state index is 0.113. The number of alkyl halides is 1. The second-order valence-electron chi connectivity index (χ2n) is 9.42. The van der Waals surface area contributed by atoms with Crippen LogP contribution in [0, 0.1) is 28.6 Å². The summed E-state index contributed by atoms with van der Waals surface area (Å²) in [5.41, 5.74) is 1.04. The number of hydrogen-bond donors (Lipinski definition) is 1. The van der Waals surface area contributed by atoms with Gasteiger partial charge in [0.15, 0.2) is 5.78 Å². The maximum Gasteiger partial charge on any atom is 0.305 e. The molecule has 144 valence electrons. The van der Waals surface area contributed by atoms with Crippen molar-refractivity contribution in [2.24, 2.45) is 28.6 Å². The first-order chi connectivity index (χ1) is 12.1. The molecule has 26 heavy (non-hydrogen) atoms. The van der Waals surface area contributed by atoms with Crippen molar-refractivity contribution in [1.82, 2.24) is 0 Å². The van der Waals surface area contributed by atoms with Crippen LogP contribution in [0.25, 0.3) is 0 Å². The third kappa shape index (κ3) is 2.35. The molecule has 0 spiro atoms. The lowest BCUT2D eigenvalue weighted by atomic mass is 9.47. The Labute approximate surface area is 163 Å². The molecule has 0 amide bonds. The number of carbonyl (C=O) groups excluding carboxylic acids is 2. The monoisotopic (exact) mass is 424 g/mol. The zero-order valence-electron chi connectivity index (χ0n) is 15.9. The third-order valence-electron chi connectivity index (χ3n) is 8.35. The number of allylic oxidation sites excluding steroid dienone is 1. The number of halogens is 1. The zero-order chi connectivity index (χ0) is 18.9. The van der Waals surface area contributed by atoms with Gasteiger partial charge in [-0.2, -0.15) is 0 Å². The molecule has 3 saturated carbocycles. The lowest BCUT2D eigenvalue weighted by Crippen LogP contribution is -2.57. The van der Waals surface area contributed by atoms with E-state index in [1.807, 2.05) is 6.08 Å². The number of hydrogen-bond acceptors (Lipinski definition) is 4. The molecule has 4 nitrogen and oxygen atoms in total. The Morgan fingerprint density at radius 2 is 1.96 bits per heavy atom. The van der Waals surface area contributed by atoms with Crippen molar-refractivity contribution < 1.29 is 19.4 Å². The lowest BCUT2D eigenvalue weighted by Gasteiger charge is -2.58. The molecule has 0 bridgehead atoms. The molecule has 0 saturated heterocycles. The topological polar surface area (TPSA) is 63.6 Å². The van der Waals surface area contributed by atoms with Crippen LogP contribution in [-0.4, -0.2) is 27.5 Å². The first-order valence-electron chi connectivity index (χ1n) is 9.92. The van der Waals surface area contributed by atoms with Crippen LogP contribution >= 0.6 is 15.9 Å². The standard InChI is InChI=1S/C21H29BrO4/c1-12(23)26-21(25)18(22)11-17-15-5-4-13-10-14(24)6-8-19(13,2)16(15)7-9-20(17,21)3/h10,15-18,25H,4-9,11H2,1-3H3/t15-,16-,17+,18+,19-,20-,21-/m0/s1. The fraction of sp³-hybridized carbons (Fsp3) is 0.810. The molecule has 0 unspecified atom stereocenters. The Kier molecular flexibility index (Phi) is 4.24. The van der Waals surface area contributed by atoms with E-state index in [2.05, 4.69) is 29.8 Å². The fourth-order valence-corrected chi connectivity index (χ4v) is 7.92. The summed E-state index contributed by atoms with van der Waals surface area (Å²) < 4.78 is 5.52. The zero-order valence-corrected chi connectivity index (χ0v) is 17.5. The SMILES string of the molecule is CC(=O)O[C@@]1(O)[C@H](Br)C[C@@H]2[C@H]3CCC4=CC(=O)CC[C@]4(C)[C@H]3CC[C@@]21C. The summed E-state index contributed by atoms with van der Waals surface area (Å²) in [6.45, 7) is 5.83. The summed E-state index contributed by atoms with van der Waals surface area (Å²) >= 11 is 3.64. The van der Waals surface area contributed by atoms with Gasteiger partial charge in [-0.3, -0.25) is 9.59 Å². The number of ether oxygens (including phenoxy) is 1. The van der Waals surface area contributed by atoms with Gasteiger partial charge in [0.1, 0.15) is 0 Å². The van der Waals surface area contributed by atoms with Crippen LogP contribution in [-0.2, 0) is 14.3 Å². The average Bonchev–Trinajstić information content (AvgIpc) is 2.75. The van der Waals surface area contributed by atoms with E-state index < -0.39 is 17.2 Å². The molecule has 1 N–H and O–H groups in total. The first kappa shape index (κ1) is 18.7. The number of rotatable bonds is 1. The van der Waals surface area contributed by atoms with Gasteiger partial charge in [-0.05, 0) is 67.8 Å². The highest BCUT2D eigenvalue weighted by molar-refractivity contribution is 9.09. The number of ketones is 1. The van der Waals surface area contributed by atoms with Crippen LogP contribution in [0.2, 0.25) is 0 Å². The van der Waals surface area contributed by atoms with Crippen molar-refractivity contribution in [2.75, 3.05) is 0 Å². The predicted molar refractivity (Wildman–Crippen MR) is 102 cm³/mol. The molecule has 5 heteroatoms. The van der Waals surface area contributed by atoms with Gasteiger partial charge in [-0.1, -0.05) is 35.4 Å². The van der Waals surface area contributed by atoms with Crippen LogP contribution < -0.4 is 0 Å². The minimum Gasteiger partial charge on any atom is -0.432 e. The molecule has 0 aromatic carbocycles. The maximum absolute atomic E-state index is 11.9. The van der Waals surface area contributed by atoms with Crippen molar-refractivity contribution in [1.29, 1.82) is 0 Å². The highest BCUT2D eigenvalue weighted by atomic mass is 79.9. The van der Waals surface area contributed by atoms with Gasteiger partial charge in [-0.15, -0.1) is 0 Å². The number of carbonyl (C=O) groups is 2. The second-order valence-corrected chi connectivity index (χ2v) is 10.5. The Hall–Kier alpha value is -0.680. The first-order valence-corrected chi connectivity index (χ1v) is 10.8. The molecule has 0 aliphatic heterocycles. The molecular formula is C21H29BrO4. The van der Waals surface area contributed by atoms with E-state index in [0.29, 0.717) is 24.2 Å². The van der Waals surface area contributed by atoms with E-state index in [1.165, 1.54) is 12.5 Å².